The number of benzene rings is 1. The molecule has 0 saturated carbocycles. The minimum atomic E-state index is -0.194. The highest BCUT2D eigenvalue weighted by atomic mass is 16.2. The molecule has 1 aromatic heterocycles. The Kier molecular flexibility index (Phi) is 8.09. The van der Waals surface area contributed by atoms with Gasteiger partial charge in [-0.15, -0.1) is 0 Å². The zero-order valence-electron chi connectivity index (χ0n) is 18.6. The second-order valence-electron chi connectivity index (χ2n) is 7.78. The van der Waals surface area contributed by atoms with Crippen LogP contribution < -0.4 is 20.9 Å². The summed E-state index contributed by atoms with van der Waals surface area (Å²) in [6.07, 6.45) is 1.84. The molecule has 1 saturated heterocycles. The highest BCUT2D eigenvalue weighted by Gasteiger charge is 2.20. The molecule has 1 fully saturated rings. The highest BCUT2D eigenvalue weighted by molar-refractivity contribution is 5.89. The molecule has 31 heavy (non-hydrogen) atoms. The van der Waals surface area contributed by atoms with Gasteiger partial charge in [0.1, 0.15) is 5.82 Å². The van der Waals surface area contributed by atoms with E-state index < -0.39 is 0 Å². The fraction of sp³-hybridized carbons (Fsp3) is 0.435. The summed E-state index contributed by atoms with van der Waals surface area (Å²) < 4.78 is 0. The van der Waals surface area contributed by atoms with Gasteiger partial charge in [-0.05, 0) is 50.6 Å². The lowest BCUT2D eigenvalue weighted by atomic mass is 10.2. The van der Waals surface area contributed by atoms with E-state index in [1.165, 1.54) is 0 Å². The van der Waals surface area contributed by atoms with Gasteiger partial charge in [-0.3, -0.25) is 0 Å². The van der Waals surface area contributed by atoms with Crippen molar-refractivity contribution in [1.82, 2.24) is 20.5 Å². The van der Waals surface area contributed by atoms with Gasteiger partial charge in [0.05, 0.1) is 6.54 Å². The quantitative estimate of drug-likeness (QED) is 0.491. The number of nitrogens with one attached hydrogen (secondary N) is 3. The van der Waals surface area contributed by atoms with Gasteiger partial charge in [-0.1, -0.05) is 18.2 Å². The molecule has 0 atom stereocenters. The maximum absolute atomic E-state index is 11.8. The predicted molar refractivity (Wildman–Crippen MR) is 127 cm³/mol. The van der Waals surface area contributed by atoms with Crippen molar-refractivity contribution < 1.29 is 4.79 Å². The molecule has 2 aromatic rings. The first-order valence-electron chi connectivity index (χ1n) is 10.9. The van der Waals surface area contributed by atoms with E-state index in [-0.39, 0.29) is 12.1 Å². The van der Waals surface area contributed by atoms with Crippen LogP contribution in [0.5, 0.6) is 0 Å². The Balaban J connectivity index is 1.55. The van der Waals surface area contributed by atoms with E-state index in [9.17, 15) is 4.79 Å². The van der Waals surface area contributed by atoms with E-state index in [4.69, 9.17) is 4.99 Å². The molecular weight excluding hydrogens is 390 g/mol. The number of carbonyl (C=O) groups excluding carboxylic acids is 1. The Morgan fingerprint density at radius 1 is 1.10 bits per heavy atom. The molecular formula is C23H33N7O. The van der Waals surface area contributed by atoms with Crippen LogP contribution in [0.4, 0.5) is 16.3 Å². The SMILES string of the molecule is CCNC(=NCc1ccc(NC(=O)NC(C)C)cc1)N1CCN(c2ccccn2)CC1. The number of hydrogen-bond donors (Lipinski definition) is 3. The summed E-state index contributed by atoms with van der Waals surface area (Å²) in [5, 5.41) is 9.06. The maximum Gasteiger partial charge on any atom is 0.319 e. The van der Waals surface area contributed by atoms with E-state index in [0.717, 1.165) is 55.8 Å². The molecule has 3 rings (SSSR count). The molecule has 1 aromatic carbocycles. The molecule has 2 amide bonds. The van der Waals surface area contributed by atoms with E-state index >= 15 is 0 Å². The number of nitrogens with zero attached hydrogens (tertiary/aromatic N) is 4. The number of carbonyl (C=O) groups is 1. The molecule has 0 unspecified atom stereocenters. The smallest absolute Gasteiger partial charge is 0.319 e. The number of piperazine rings is 1. The van der Waals surface area contributed by atoms with Crippen LogP contribution in [0.1, 0.15) is 26.3 Å². The maximum atomic E-state index is 11.8. The fourth-order valence-corrected chi connectivity index (χ4v) is 3.40. The van der Waals surface area contributed by atoms with Crippen LogP contribution in [0.15, 0.2) is 53.7 Å². The average molecular weight is 424 g/mol. The summed E-state index contributed by atoms with van der Waals surface area (Å²) in [5.41, 5.74) is 1.86. The highest BCUT2D eigenvalue weighted by Crippen LogP contribution is 2.14. The lowest BCUT2D eigenvalue weighted by Gasteiger charge is -2.37. The first-order chi connectivity index (χ1) is 15.0. The molecule has 0 aliphatic carbocycles. The fourth-order valence-electron chi connectivity index (χ4n) is 3.40. The van der Waals surface area contributed by atoms with Gasteiger partial charge in [-0.25, -0.2) is 14.8 Å². The van der Waals surface area contributed by atoms with Gasteiger partial charge in [-0.2, -0.15) is 0 Å². The van der Waals surface area contributed by atoms with Crippen LogP contribution in [0.2, 0.25) is 0 Å². The van der Waals surface area contributed by atoms with Gasteiger partial charge in [0.15, 0.2) is 5.96 Å². The Bertz CT molecular complexity index is 844. The lowest BCUT2D eigenvalue weighted by molar-refractivity contribution is 0.250. The Hall–Kier alpha value is -3.29. The summed E-state index contributed by atoms with van der Waals surface area (Å²) in [4.78, 5) is 25.7. The normalized spacial score (nSPS) is 14.5. The molecule has 166 valence electrons. The van der Waals surface area contributed by atoms with Crippen LogP contribution in [-0.4, -0.2) is 60.6 Å². The largest absolute Gasteiger partial charge is 0.357 e. The third kappa shape index (κ3) is 6.87. The third-order valence-electron chi connectivity index (χ3n) is 4.93. The van der Waals surface area contributed by atoms with Crippen molar-refractivity contribution in [2.75, 3.05) is 42.9 Å². The molecule has 8 heteroatoms. The van der Waals surface area contributed by atoms with Gasteiger partial charge in [0.25, 0.3) is 0 Å². The van der Waals surface area contributed by atoms with Crippen molar-refractivity contribution in [2.24, 2.45) is 4.99 Å². The number of anilines is 2. The summed E-state index contributed by atoms with van der Waals surface area (Å²) in [5.74, 6) is 1.96. The topological polar surface area (TPSA) is 84.9 Å². The van der Waals surface area contributed by atoms with Crippen molar-refractivity contribution in [2.45, 2.75) is 33.4 Å². The molecule has 0 spiro atoms. The number of urea groups is 1. The Labute approximate surface area is 184 Å². The average Bonchev–Trinajstić information content (AvgIpc) is 2.78. The van der Waals surface area contributed by atoms with Gasteiger partial charge in [0.2, 0.25) is 0 Å². The summed E-state index contributed by atoms with van der Waals surface area (Å²) >= 11 is 0. The zero-order chi connectivity index (χ0) is 22.1. The molecule has 2 heterocycles. The van der Waals surface area contributed by atoms with Crippen LogP contribution in [0, 0.1) is 0 Å². The number of guanidine groups is 1. The zero-order valence-corrected chi connectivity index (χ0v) is 18.6. The number of aliphatic imine (C=N–C) groups is 1. The van der Waals surface area contributed by atoms with Crippen molar-refractivity contribution in [3.05, 3.63) is 54.2 Å². The van der Waals surface area contributed by atoms with Gasteiger partial charge in [0, 0.05) is 50.6 Å². The minimum Gasteiger partial charge on any atom is -0.357 e. The van der Waals surface area contributed by atoms with Crippen molar-refractivity contribution in [1.29, 1.82) is 0 Å². The third-order valence-corrected chi connectivity index (χ3v) is 4.93. The summed E-state index contributed by atoms with van der Waals surface area (Å²) in [7, 11) is 0. The van der Waals surface area contributed by atoms with Crippen molar-refractivity contribution >= 4 is 23.5 Å². The molecule has 1 aliphatic rings. The van der Waals surface area contributed by atoms with E-state index in [1.807, 2.05) is 56.4 Å². The predicted octanol–water partition coefficient (Wildman–Crippen LogP) is 2.90. The monoisotopic (exact) mass is 423 g/mol. The molecule has 0 radical (unpaired) electrons. The molecule has 0 bridgehead atoms. The van der Waals surface area contributed by atoms with Crippen LogP contribution in [-0.2, 0) is 6.54 Å². The number of pyridine rings is 1. The number of aromatic nitrogens is 1. The number of rotatable bonds is 6. The summed E-state index contributed by atoms with van der Waals surface area (Å²) in [6, 6.07) is 13.7. The Morgan fingerprint density at radius 3 is 2.45 bits per heavy atom. The molecule has 8 nitrogen and oxygen atoms in total. The Morgan fingerprint density at radius 2 is 1.84 bits per heavy atom. The summed E-state index contributed by atoms with van der Waals surface area (Å²) in [6.45, 7) is 11.0. The van der Waals surface area contributed by atoms with E-state index in [1.54, 1.807) is 0 Å². The van der Waals surface area contributed by atoms with Crippen molar-refractivity contribution in [3.63, 3.8) is 0 Å². The number of hydrogen-bond acceptors (Lipinski definition) is 4. The van der Waals surface area contributed by atoms with Gasteiger partial charge >= 0.3 is 6.03 Å². The van der Waals surface area contributed by atoms with Crippen molar-refractivity contribution in [3.8, 4) is 0 Å². The first-order valence-corrected chi connectivity index (χ1v) is 10.9. The second-order valence-corrected chi connectivity index (χ2v) is 7.78. The van der Waals surface area contributed by atoms with Crippen LogP contribution in [0.25, 0.3) is 0 Å². The van der Waals surface area contributed by atoms with E-state index in [0.29, 0.717) is 6.54 Å². The molecule has 1 aliphatic heterocycles. The van der Waals surface area contributed by atoms with Crippen LogP contribution in [0.3, 0.4) is 0 Å². The first kappa shape index (κ1) is 22.4. The second kappa shape index (κ2) is 11.2. The minimum absolute atomic E-state index is 0.101. The lowest BCUT2D eigenvalue weighted by Crippen LogP contribution is -2.52. The molecule has 3 N–H and O–H groups in total. The number of amides is 2. The van der Waals surface area contributed by atoms with Gasteiger partial charge < -0.3 is 25.8 Å². The standard InChI is InChI=1S/C23H33N7O/c1-4-24-22(30-15-13-29(14-16-30)21-7-5-6-12-25-21)26-17-19-8-10-20(11-9-19)28-23(31)27-18(2)3/h5-12,18H,4,13-17H2,1-3H3,(H,24,26)(H2,27,28,31). The van der Waals surface area contributed by atoms with E-state index in [2.05, 4.69) is 43.7 Å². The van der Waals surface area contributed by atoms with Crippen LogP contribution >= 0.6 is 0 Å².